The van der Waals surface area contributed by atoms with Crippen LogP contribution in [0.4, 0.5) is 4.39 Å². The fourth-order valence-corrected chi connectivity index (χ4v) is 3.14. The number of benzene rings is 1. The van der Waals surface area contributed by atoms with E-state index in [9.17, 15) is 14.4 Å². The molecule has 1 aromatic heterocycles. The number of imidazole rings is 1. The second-order valence-corrected chi connectivity index (χ2v) is 7.00. The van der Waals surface area contributed by atoms with E-state index in [0.29, 0.717) is 5.16 Å². The number of hydrogen-bond donors (Lipinski definition) is 2. The second-order valence-electron chi connectivity index (χ2n) is 6.03. The van der Waals surface area contributed by atoms with Gasteiger partial charge in [-0.15, -0.1) is 0 Å². The zero-order chi connectivity index (χ0) is 17.2. The SMILES string of the molecule is CC(C#N)(NC(=O)CSc1ncc(-c2ccc(F)cc2)[nH]1)C1CC1. The van der Waals surface area contributed by atoms with Crippen molar-refractivity contribution in [1.29, 1.82) is 5.26 Å². The topological polar surface area (TPSA) is 81.6 Å². The smallest absolute Gasteiger partial charge is 0.231 e. The number of H-pyrrole nitrogens is 1. The maximum absolute atomic E-state index is 12.9. The van der Waals surface area contributed by atoms with Gasteiger partial charge in [0.2, 0.25) is 5.91 Å². The average Bonchev–Trinajstić information content (AvgIpc) is 3.33. The molecule has 1 saturated carbocycles. The standard InChI is InChI=1S/C17H17FN4OS/c1-17(10-19,12-4-5-12)22-15(23)9-24-16-20-8-14(21-16)11-2-6-13(18)7-3-11/h2-3,6-8,12H,4-5,9H2,1H3,(H,20,21)(H,22,23). The van der Waals surface area contributed by atoms with E-state index in [0.717, 1.165) is 24.1 Å². The first-order valence-electron chi connectivity index (χ1n) is 7.66. The van der Waals surface area contributed by atoms with E-state index in [-0.39, 0.29) is 23.4 Å². The van der Waals surface area contributed by atoms with E-state index < -0.39 is 5.54 Å². The first-order valence-corrected chi connectivity index (χ1v) is 8.65. The fraction of sp³-hybridized carbons (Fsp3) is 0.353. The fourth-order valence-electron chi connectivity index (χ4n) is 2.49. The Bertz CT molecular complexity index is 779. The Kier molecular flexibility index (Phi) is 4.58. The number of halogens is 1. The van der Waals surface area contributed by atoms with Crippen molar-refractivity contribution >= 4 is 17.7 Å². The van der Waals surface area contributed by atoms with E-state index in [4.69, 9.17) is 0 Å². The van der Waals surface area contributed by atoms with Crippen LogP contribution in [0.3, 0.4) is 0 Å². The molecule has 1 unspecified atom stereocenters. The summed E-state index contributed by atoms with van der Waals surface area (Å²) >= 11 is 1.27. The van der Waals surface area contributed by atoms with E-state index in [1.54, 1.807) is 25.3 Å². The third-order valence-electron chi connectivity index (χ3n) is 4.07. The lowest BCUT2D eigenvalue weighted by Gasteiger charge is -2.22. The van der Waals surface area contributed by atoms with Crippen LogP contribution in [0.2, 0.25) is 0 Å². The minimum absolute atomic E-state index is 0.181. The maximum atomic E-state index is 12.9. The molecule has 0 saturated heterocycles. The number of nitriles is 1. The van der Waals surface area contributed by atoms with E-state index in [1.807, 2.05) is 0 Å². The van der Waals surface area contributed by atoms with Gasteiger partial charge in [0, 0.05) is 0 Å². The Morgan fingerprint density at radius 3 is 2.83 bits per heavy atom. The number of rotatable bonds is 6. The number of nitrogens with one attached hydrogen (secondary N) is 2. The van der Waals surface area contributed by atoms with Crippen molar-refractivity contribution in [3.8, 4) is 17.3 Å². The molecule has 1 aliphatic rings. The lowest BCUT2D eigenvalue weighted by molar-refractivity contribution is -0.119. The summed E-state index contributed by atoms with van der Waals surface area (Å²) in [4.78, 5) is 19.4. The van der Waals surface area contributed by atoms with Crippen molar-refractivity contribution in [3.63, 3.8) is 0 Å². The largest absolute Gasteiger partial charge is 0.337 e. The molecule has 1 heterocycles. The highest BCUT2D eigenvalue weighted by atomic mass is 32.2. The molecule has 1 aromatic carbocycles. The molecule has 1 atom stereocenters. The molecule has 2 aromatic rings. The first-order chi connectivity index (χ1) is 11.5. The summed E-state index contributed by atoms with van der Waals surface area (Å²) in [5.41, 5.74) is 0.809. The number of amides is 1. The number of carbonyl (C=O) groups excluding carboxylic acids is 1. The Labute approximate surface area is 143 Å². The van der Waals surface area contributed by atoms with Gasteiger partial charge >= 0.3 is 0 Å². The average molecular weight is 344 g/mol. The van der Waals surface area contributed by atoms with Gasteiger partial charge in [-0.25, -0.2) is 9.37 Å². The van der Waals surface area contributed by atoms with Crippen molar-refractivity contribution in [2.24, 2.45) is 5.92 Å². The first kappa shape index (κ1) is 16.5. The van der Waals surface area contributed by atoms with Gasteiger partial charge in [0.05, 0.1) is 23.7 Å². The van der Waals surface area contributed by atoms with Crippen molar-refractivity contribution in [3.05, 3.63) is 36.3 Å². The molecular formula is C17H17FN4OS. The third-order valence-corrected chi connectivity index (χ3v) is 4.96. The van der Waals surface area contributed by atoms with Crippen LogP contribution in [0, 0.1) is 23.1 Å². The van der Waals surface area contributed by atoms with Crippen LogP contribution in [0.25, 0.3) is 11.3 Å². The number of hydrogen-bond acceptors (Lipinski definition) is 4. The van der Waals surface area contributed by atoms with Crippen molar-refractivity contribution in [2.45, 2.75) is 30.5 Å². The van der Waals surface area contributed by atoms with Gasteiger partial charge in [-0.05, 0) is 55.5 Å². The number of thioether (sulfide) groups is 1. The molecule has 24 heavy (non-hydrogen) atoms. The minimum atomic E-state index is -0.778. The van der Waals surface area contributed by atoms with Crippen LogP contribution >= 0.6 is 11.8 Å². The van der Waals surface area contributed by atoms with Crippen LogP contribution in [-0.4, -0.2) is 27.2 Å². The number of nitrogens with zero attached hydrogens (tertiary/aromatic N) is 2. The van der Waals surface area contributed by atoms with Gasteiger partial charge in [0.1, 0.15) is 11.4 Å². The van der Waals surface area contributed by atoms with E-state index >= 15 is 0 Å². The highest BCUT2D eigenvalue weighted by molar-refractivity contribution is 7.99. The van der Waals surface area contributed by atoms with Crippen LogP contribution < -0.4 is 5.32 Å². The normalized spacial score (nSPS) is 16.2. The summed E-state index contributed by atoms with van der Waals surface area (Å²) in [5.74, 6) is -0.0399. The lowest BCUT2D eigenvalue weighted by atomic mass is 9.98. The van der Waals surface area contributed by atoms with Crippen LogP contribution in [0.5, 0.6) is 0 Å². The molecule has 1 fully saturated rings. The highest BCUT2D eigenvalue weighted by Crippen LogP contribution is 2.39. The Morgan fingerprint density at radius 1 is 1.50 bits per heavy atom. The van der Waals surface area contributed by atoms with Crippen molar-refractivity contribution in [1.82, 2.24) is 15.3 Å². The molecule has 1 aliphatic carbocycles. The summed E-state index contributed by atoms with van der Waals surface area (Å²) < 4.78 is 12.9. The minimum Gasteiger partial charge on any atom is -0.337 e. The Balaban J connectivity index is 1.56. The predicted octanol–water partition coefficient (Wildman–Crippen LogP) is 3.12. The quantitative estimate of drug-likeness (QED) is 0.789. The molecule has 0 radical (unpaired) electrons. The van der Waals surface area contributed by atoms with Crippen molar-refractivity contribution in [2.75, 3.05) is 5.75 Å². The second kappa shape index (κ2) is 6.65. The molecule has 1 amide bonds. The van der Waals surface area contributed by atoms with Crippen LogP contribution in [0.1, 0.15) is 19.8 Å². The summed E-state index contributed by atoms with van der Waals surface area (Å²) in [5, 5.41) is 12.7. The Hall–Kier alpha value is -2.33. The van der Waals surface area contributed by atoms with Gasteiger partial charge in [0.15, 0.2) is 5.16 Å². The van der Waals surface area contributed by atoms with E-state index in [1.165, 1.54) is 23.9 Å². The molecule has 7 heteroatoms. The van der Waals surface area contributed by atoms with Gasteiger partial charge in [-0.2, -0.15) is 5.26 Å². The summed E-state index contributed by atoms with van der Waals surface area (Å²) in [7, 11) is 0. The molecule has 2 N–H and O–H groups in total. The van der Waals surface area contributed by atoms with Gasteiger partial charge in [-0.3, -0.25) is 4.79 Å². The van der Waals surface area contributed by atoms with Gasteiger partial charge in [-0.1, -0.05) is 11.8 Å². The molecule has 5 nitrogen and oxygen atoms in total. The zero-order valence-electron chi connectivity index (χ0n) is 13.2. The number of carbonyl (C=O) groups is 1. The monoisotopic (exact) mass is 344 g/mol. The Morgan fingerprint density at radius 2 is 2.21 bits per heavy atom. The number of aromatic amines is 1. The maximum Gasteiger partial charge on any atom is 0.231 e. The lowest BCUT2D eigenvalue weighted by Crippen LogP contribution is -2.47. The van der Waals surface area contributed by atoms with Crippen LogP contribution in [-0.2, 0) is 4.79 Å². The number of aromatic nitrogens is 2. The molecule has 0 bridgehead atoms. The van der Waals surface area contributed by atoms with Crippen LogP contribution in [0.15, 0.2) is 35.6 Å². The molecular weight excluding hydrogens is 327 g/mol. The summed E-state index contributed by atoms with van der Waals surface area (Å²) in [6, 6.07) is 8.31. The summed E-state index contributed by atoms with van der Waals surface area (Å²) in [6.45, 7) is 1.77. The van der Waals surface area contributed by atoms with E-state index in [2.05, 4.69) is 21.4 Å². The summed E-state index contributed by atoms with van der Waals surface area (Å²) in [6.07, 6.45) is 3.62. The molecule has 0 aliphatic heterocycles. The molecule has 0 spiro atoms. The van der Waals surface area contributed by atoms with Gasteiger partial charge in [0.25, 0.3) is 0 Å². The predicted molar refractivity (Wildman–Crippen MR) is 89.6 cm³/mol. The molecule has 3 rings (SSSR count). The molecule has 124 valence electrons. The van der Waals surface area contributed by atoms with Gasteiger partial charge < -0.3 is 10.3 Å². The third kappa shape index (κ3) is 3.77. The van der Waals surface area contributed by atoms with Crippen molar-refractivity contribution < 1.29 is 9.18 Å². The zero-order valence-corrected chi connectivity index (χ0v) is 14.0. The highest BCUT2D eigenvalue weighted by Gasteiger charge is 2.42.